The fraction of sp³-hybridized carbons (Fsp3) is 0.143. The zero-order chi connectivity index (χ0) is 7.56. The Morgan fingerprint density at radius 1 is 1.60 bits per heavy atom. The van der Waals surface area contributed by atoms with E-state index in [-0.39, 0.29) is 5.57 Å². The summed E-state index contributed by atoms with van der Waals surface area (Å²) in [5, 5.41) is 8.94. The second kappa shape index (κ2) is 2.58. The number of aliphatic hydroxyl groups excluding tert-OH is 1. The quantitative estimate of drug-likeness (QED) is 0.502. The molecule has 10 heavy (non-hydrogen) atoms. The first-order chi connectivity index (χ1) is 4.75. The predicted octanol–water partition coefficient (Wildman–Crippen LogP) is -0.389. The predicted molar refractivity (Wildman–Crippen MR) is 34.3 cm³/mol. The first kappa shape index (κ1) is 6.89. The van der Waals surface area contributed by atoms with Gasteiger partial charge < -0.3 is 5.11 Å². The first-order valence-electron chi connectivity index (χ1n) is 2.81. The molecular formula is C7H6O3. The van der Waals surface area contributed by atoms with Crippen molar-refractivity contribution in [2.24, 2.45) is 0 Å². The molecule has 0 radical (unpaired) electrons. The molecule has 0 aromatic rings. The number of hydrogen-bond acceptors (Lipinski definition) is 3. The molecule has 52 valence electrons. The van der Waals surface area contributed by atoms with Crippen molar-refractivity contribution >= 4 is 12.1 Å². The summed E-state index contributed by atoms with van der Waals surface area (Å²) >= 11 is 0. The van der Waals surface area contributed by atoms with Gasteiger partial charge in [-0.2, -0.15) is 0 Å². The van der Waals surface area contributed by atoms with Gasteiger partial charge in [-0.05, 0) is 6.08 Å². The normalized spacial score (nSPS) is 24.3. The largest absolute Gasteiger partial charge is 0.380 e. The lowest BCUT2D eigenvalue weighted by atomic mass is 10.0. The number of hydrogen-bond donors (Lipinski definition) is 1. The van der Waals surface area contributed by atoms with E-state index in [2.05, 4.69) is 0 Å². The molecule has 1 N–H and O–H groups in total. The number of rotatable bonds is 1. The molecule has 1 rings (SSSR count). The molecule has 0 aliphatic heterocycles. The highest BCUT2D eigenvalue weighted by molar-refractivity contribution is 6.02. The van der Waals surface area contributed by atoms with Crippen LogP contribution in [0.15, 0.2) is 23.8 Å². The standard InChI is InChI=1S/C7H6O3/c8-4-5-2-1-3-6(9)7(5)10/h1-4,7,10H. The van der Waals surface area contributed by atoms with Crippen LogP contribution in [0.3, 0.4) is 0 Å². The van der Waals surface area contributed by atoms with Gasteiger partial charge in [0.25, 0.3) is 0 Å². The number of ketones is 1. The van der Waals surface area contributed by atoms with Crippen LogP contribution < -0.4 is 0 Å². The Morgan fingerprint density at radius 3 is 2.80 bits per heavy atom. The topological polar surface area (TPSA) is 54.4 Å². The number of allylic oxidation sites excluding steroid dienone is 2. The zero-order valence-electron chi connectivity index (χ0n) is 5.15. The highest BCUT2D eigenvalue weighted by atomic mass is 16.3. The Morgan fingerprint density at radius 2 is 2.30 bits per heavy atom. The molecule has 0 heterocycles. The summed E-state index contributed by atoms with van der Waals surface area (Å²) < 4.78 is 0. The van der Waals surface area contributed by atoms with Crippen molar-refractivity contribution in [3.63, 3.8) is 0 Å². The average Bonchev–Trinajstić information content (AvgIpc) is 1.95. The third-order valence-corrected chi connectivity index (χ3v) is 1.27. The van der Waals surface area contributed by atoms with Crippen molar-refractivity contribution in [2.45, 2.75) is 6.10 Å². The van der Waals surface area contributed by atoms with Gasteiger partial charge >= 0.3 is 0 Å². The van der Waals surface area contributed by atoms with Crippen molar-refractivity contribution in [1.82, 2.24) is 0 Å². The van der Waals surface area contributed by atoms with Crippen molar-refractivity contribution in [3.8, 4) is 0 Å². The van der Waals surface area contributed by atoms with Crippen LogP contribution in [-0.2, 0) is 9.59 Å². The smallest absolute Gasteiger partial charge is 0.188 e. The summed E-state index contributed by atoms with van der Waals surface area (Å²) in [6.45, 7) is 0. The summed E-state index contributed by atoms with van der Waals surface area (Å²) in [5.41, 5.74) is 0.118. The van der Waals surface area contributed by atoms with Crippen LogP contribution in [0.25, 0.3) is 0 Å². The molecule has 3 nitrogen and oxygen atoms in total. The molecule has 1 aliphatic carbocycles. The molecule has 0 amide bonds. The molecule has 1 unspecified atom stereocenters. The molecule has 0 saturated heterocycles. The molecule has 1 aliphatic rings. The van der Waals surface area contributed by atoms with Crippen LogP contribution in [-0.4, -0.2) is 23.3 Å². The van der Waals surface area contributed by atoms with Crippen LogP contribution in [0.4, 0.5) is 0 Å². The van der Waals surface area contributed by atoms with E-state index in [1.807, 2.05) is 0 Å². The molecule has 0 aromatic heterocycles. The lowest BCUT2D eigenvalue weighted by Gasteiger charge is -2.07. The van der Waals surface area contributed by atoms with E-state index in [4.69, 9.17) is 5.11 Å². The van der Waals surface area contributed by atoms with E-state index in [0.29, 0.717) is 6.29 Å². The maximum atomic E-state index is 10.6. The Kier molecular flexibility index (Phi) is 1.78. The third kappa shape index (κ3) is 1.04. The van der Waals surface area contributed by atoms with E-state index >= 15 is 0 Å². The van der Waals surface area contributed by atoms with Crippen LogP contribution in [0.5, 0.6) is 0 Å². The van der Waals surface area contributed by atoms with E-state index in [1.165, 1.54) is 18.2 Å². The second-order valence-corrected chi connectivity index (χ2v) is 1.95. The van der Waals surface area contributed by atoms with Gasteiger partial charge in [0.15, 0.2) is 5.78 Å². The number of carbonyl (C=O) groups excluding carboxylic acids is 2. The van der Waals surface area contributed by atoms with E-state index in [1.54, 1.807) is 0 Å². The average molecular weight is 138 g/mol. The fourth-order valence-electron chi connectivity index (χ4n) is 0.704. The number of aldehydes is 1. The summed E-state index contributed by atoms with van der Waals surface area (Å²) in [4.78, 5) is 20.7. The van der Waals surface area contributed by atoms with Crippen LogP contribution in [0, 0.1) is 0 Å². The summed E-state index contributed by atoms with van der Waals surface area (Å²) in [6.07, 6.45) is 3.32. The van der Waals surface area contributed by atoms with Gasteiger partial charge in [0, 0.05) is 5.57 Å². The van der Waals surface area contributed by atoms with Crippen molar-refractivity contribution in [3.05, 3.63) is 23.8 Å². The van der Waals surface area contributed by atoms with Gasteiger partial charge in [-0.25, -0.2) is 0 Å². The van der Waals surface area contributed by atoms with Gasteiger partial charge in [-0.1, -0.05) is 12.2 Å². The van der Waals surface area contributed by atoms with Crippen LogP contribution in [0.1, 0.15) is 0 Å². The van der Waals surface area contributed by atoms with Gasteiger partial charge in [-0.3, -0.25) is 9.59 Å². The Bertz CT molecular complexity index is 225. The monoisotopic (exact) mass is 138 g/mol. The molecule has 0 saturated carbocycles. The highest BCUT2D eigenvalue weighted by Gasteiger charge is 2.18. The molecule has 0 spiro atoms. The van der Waals surface area contributed by atoms with E-state index < -0.39 is 11.9 Å². The first-order valence-corrected chi connectivity index (χ1v) is 2.81. The van der Waals surface area contributed by atoms with Gasteiger partial charge in [-0.15, -0.1) is 0 Å². The van der Waals surface area contributed by atoms with Crippen molar-refractivity contribution in [2.75, 3.05) is 0 Å². The molecule has 0 fully saturated rings. The lowest BCUT2D eigenvalue weighted by Crippen LogP contribution is -2.23. The minimum atomic E-state index is -1.25. The summed E-state index contributed by atoms with van der Waals surface area (Å²) in [6, 6.07) is 0. The minimum absolute atomic E-state index is 0.118. The van der Waals surface area contributed by atoms with Gasteiger partial charge in [0.05, 0.1) is 0 Å². The number of aliphatic hydroxyl groups is 1. The summed E-state index contributed by atoms with van der Waals surface area (Å²) in [7, 11) is 0. The molecular weight excluding hydrogens is 132 g/mol. The molecule has 3 heteroatoms. The molecule has 0 bridgehead atoms. The Labute approximate surface area is 57.7 Å². The zero-order valence-corrected chi connectivity index (χ0v) is 5.15. The van der Waals surface area contributed by atoms with Crippen molar-refractivity contribution in [1.29, 1.82) is 0 Å². The second-order valence-electron chi connectivity index (χ2n) is 1.95. The summed E-state index contributed by atoms with van der Waals surface area (Å²) in [5.74, 6) is -0.440. The van der Waals surface area contributed by atoms with E-state index in [9.17, 15) is 9.59 Å². The molecule has 1 atom stereocenters. The molecule has 0 aromatic carbocycles. The van der Waals surface area contributed by atoms with E-state index in [0.717, 1.165) is 0 Å². The number of carbonyl (C=O) groups is 2. The fourth-order valence-corrected chi connectivity index (χ4v) is 0.704. The van der Waals surface area contributed by atoms with Crippen molar-refractivity contribution < 1.29 is 14.7 Å². The van der Waals surface area contributed by atoms with Gasteiger partial charge in [0.2, 0.25) is 0 Å². The Hall–Kier alpha value is -1.22. The van der Waals surface area contributed by atoms with Crippen LogP contribution in [0.2, 0.25) is 0 Å². The lowest BCUT2D eigenvalue weighted by molar-refractivity contribution is -0.122. The van der Waals surface area contributed by atoms with Gasteiger partial charge in [0.1, 0.15) is 12.4 Å². The SMILES string of the molecule is O=CC1=CC=CC(=O)C1O. The highest BCUT2D eigenvalue weighted by Crippen LogP contribution is 2.06. The third-order valence-electron chi connectivity index (χ3n) is 1.27. The maximum absolute atomic E-state index is 10.6. The minimum Gasteiger partial charge on any atom is -0.380 e. The van der Waals surface area contributed by atoms with Crippen LogP contribution >= 0.6 is 0 Å². The maximum Gasteiger partial charge on any atom is 0.188 e. The Balaban J connectivity index is 2.91.